The molecule has 6 nitrogen and oxygen atoms in total. The molecule has 0 fully saturated rings. The average molecular weight is 447 g/mol. The van der Waals surface area contributed by atoms with Crippen molar-refractivity contribution in [1.29, 1.82) is 0 Å². The van der Waals surface area contributed by atoms with Gasteiger partial charge < -0.3 is 20.1 Å². The molecule has 0 heterocycles. The molecular weight excluding hydrogens is 416 g/mol. The molecule has 0 aliphatic rings. The zero-order chi connectivity index (χ0) is 23.6. The van der Waals surface area contributed by atoms with Crippen molar-refractivity contribution in [3.8, 4) is 11.5 Å². The number of hydrogen-bond donors (Lipinski definition) is 2. The van der Waals surface area contributed by atoms with E-state index in [9.17, 15) is 9.59 Å². The predicted molar refractivity (Wildman–Crippen MR) is 128 cm³/mol. The molecule has 0 aliphatic heterocycles. The van der Waals surface area contributed by atoms with Gasteiger partial charge in [-0.3, -0.25) is 9.59 Å². The summed E-state index contributed by atoms with van der Waals surface area (Å²) in [6.07, 6.45) is 0.538. The van der Waals surface area contributed by atoms with Crippen LogP contribution in [0.4, 0.5) is 0 Å². The van der Waals surface area contributed by atoms with Crippen molar-refractivity contribution in [2.45, 2.75) is 31.8 Å². The van der Waals surface area contributed by atoms with Crippen molar-refractivity contribution in [1.82, 2.24) is 10.6 Å². The summed E-state index contributed by atoms with van der Waals surface area (Å²) in [6, 6.07) is 23.6. The average Bonchev–Trinajstić information content (AvgIpc) is 2.85. The Morgan fingerprint density at radius 1 is 0.758 bits per heavy atom. The summed E-state index contributed by atoms with van der Waals surface area (Å²) in [7, 11) is 3.20. The molecule has 0 saturated carbocycles. The van der Waals surface area contributed by atoms with E-state index < -0.39 is 6.04 Å². The number of nitrogens with one attached hydrogen (secondary N) is 2. The Kier molecular flexibility index (Phi) is 8.47. The summed E-state index contributed by atoms with van der Waals surface area (Å²) >= 11 is 0. The quantitative estimate of drug-likeness (QED) is 0.496. The van der Waals surface area contributed by atoms with Crippen molar-refractivity contribution >= 4 is 11.8 Å². The summed E-state index contributed by atoms with van der Waals surface area (Å²) in [5.41, 5.74) is 2.77. The summed E-state index contributed by atoms with van der Waals surface area (Å²) in [6.45, 7) is 1.93. The van der Waals surface area contributed by atoms with Gasteiger partial charge in [0.15, 0.2) is 0 Å². The molecule has 3 rings (SSSR count). The summed E-state index contributed by atoms with van der Waals surface area (Å²) in [5.74, 6) is 1.01. The van der Waals surface area contributed by atoms with E-state index in [1.54, 1.807) is 14.2 Å². The van der Waals surface area contributed by atoms with Gasteiger partial charge in [0.2, 0.25) is 11.8 Å². The van der Waals surface area contributed by atoms with Crippen molar-refractivity contribution in [2.24, 2.45) is 0 Å². The lowest BCUT2D eigenvalue weighted by atomic mass is 10.0. The van der Waals surface area contributed by atoms with E-state index in [1.807, 2.05) is 85.8 Å². The van der Waals surface area contributed by atoms with Crippen LogP contribution in [0.5, 0.6) is 11.5 Å². The van der Waals surface area contributed by atoms with Crippen molar-refractivity contribution in [2.75, 3.05) is 14.2 Å². The number of amides is 2. The molecule has 3 aromatic rings. The fourth-order valence-corrected chi connectivity index (χ4v) is 3.52. The Bertz CT molecular complexity index is 1030. The molecule has 0 radical (unpaired) electrons. The number of rotatable bonds is 10. The van der Waals surface area contributed by atoms with Crippen molar-refractivity contribution < 1.29 is 19.1 Å². The van der Waals surface area contributed by atoms with Gasteiger partial charge in [-0.15, -0.1) is 0 Å². The van der Waals surface area contributed by atoms with Gasteiger partial charge in [-0.1, -0.05) is 54.6 Å². The molecule has 0 aliphatic carbocycles. The molecule has 3 aromatic carbocycles. The smallest absolute Gasteiger partial charge is 0.243 e. The Morgan fingerprint density at radius 3 is 1.85 bits per heavy atom. The van der Waals surface area contributed by atoms with E-state index >= 15 is 0 Å². The fraction of sp³-hybridized carbons (Fsp3) is 0.259. The Balaban J connectivity index is 1.71. The van der Waals surface area contributed by atoms with E-state index in [4.69, 9.17) is 9.47 Å². The molecule has 2 unspecified atom stereocenters. The molecular formula is C27H30N2O4. The third kappa shape index (κ3) is 7.10. The molecule has 0 aromatic heterocycles. The SMILES string of the molecule is COc1ccc(CC(=O)NC(Cc2ccc(OC)cc2)C(=O)NC(C)c2ccccc2)cc1. The molecule has 2 atom stereocenters. The maximum Gasteiger partial charge on any atom is 0.243 e. The van der Waals surface area contributed by atoms with E-state index in [0.717, 1.165) is 28.2 Å². The normalized spacial score (nSPS) is 12.3. The number of ether oxygens (including phenoxy) is 2. The summed E-state index contributed by atoms with van der Waals surface area (Å²) < 4.78 is 10.4. The minimum Gasteiger partial charge on any atom is -0.497 e. The molecule has 0 saturated heterocycles. The van der Waals surface area contributed by atoms with Gasteiger partial charge in [-0.25, -0.2) is 0 Å². The Morgan fingerprint density at radius 2 is 1.30 bits per heavy atom. The molecule has 172 valence electrons. The Labute approximate surface area is 194 Å². The van der Waals surface area contributed by atoms with Crippen LogP contribution in [0.3, 0.4) is 0 Å². The number of carbonyl (C=O) groups is 2. The van der Waals surface area contributed by atoms with Crippen LogP contribution in [0.25, 0.3) is 0 Å². The van der Waals surface area contributed by atoms with Gasteiger partial charge in [-0.05, 0) is 47.9 Å². The molecule has 2 amide bonds. The zero-order valence-electron chi connectivity index (χ0n) is 19.2. The monoisotopic (exact) mass is 446 g/mol. The second-order valence-corrected chi connectivity index (χ2v) is 7.84. The third-order valence-electron chi connectivity index (χ3n) is 5.43. The van der Waals surface area contributed by atoms with Gasteiger partial charge in [0.25, 0.3) is 0 Å². The van der Waals surface area contributed by atoms with Crippen molar-refractivity contribution in [3.05, 3.63) is 95.6 Å². The highest BCUT2D eigenvalue weighted by Crippen LogP contribution is 2.16. The van der Waals surface area contributed by atoms with Gasteiger partial charge >= 0.3 is 0 Å². The highest BCUT2D eigenvalue weighted by atomic mass is 16.5. The number of hydrogen-bond acceptors (Lipinski definition) is 4. The van der Waals surface area contributed by atoms with Gasteiger partial charge in [-0.2, -0.15) is 0 Å². The third-order valence-corrected chi connectivity index (χ3v) is 5.43. The van der Waals surface area contributed by atoms with E-state index in [2.05, 4.69) is 10.6 Å². The maximum atomic E-state index is 13.2. The predicted octanol–water partition coefficient (Wildman–Crippen LogP) is 3.85. The standard InChI is InChI=1S/C27H30N2O4/c1-19(22-7-5-4-6-8-22)28-27(31)25(17-20-9-13-23(32-2)14-10-20)29-26(30)18-21-11-15-24(33-3)16-12-21/h4-16,19,25H,17-18H2,1-3H3,(H,28,31)(H,29,30). The number of benzene rings is 3. The van der Waals surface area contributed by atoms with Crippen LogP contribution < -0.4 is 20.1 Å². The molecule has 0 bridgehead atoms. The molecule has 6 heteroatoms. The first kappa shape index (κ1) is 23.9. The molecule has 2 N–H and O–H groups in total. The molecule has 0 spiro atoms. The lowest BCUT2D eigenvalue weighted by molar-refractivity contribution is -0.129. The second-order valence-electron chi connectivity index (χ2n) is 7.84. The van der Waals surface area contributed by atoms with Crippen LogP contribution >= 0.6 is 0 Å². The van der Waals surface area contributed by atoms with Crippen LogP contribution in [-0.2, 0) is 22.4 Å². The first-order valence-corrected chi connectivity index (χ1v) is 10.9. The second kappa shape index (κ2) is 11.7. The van der Waals surface area contributed by atoms with Crippen LogP contribution in [0, 0.1) is 0 Å². The maximum absolute atomic E-state index is 13.2. The Hall–Kier alpha value is -3.80. The molecule has 33 heavy (non-hydrogen) atoms. The number of carbonyl (C=O) groups excluding carboxylic acids is 2. The number of methoxy groups -OCH3 is 2. The van der Waals surface area contributed by atoms with E-state index in [0.29, 0.717) is 6.42 Å². The topological polar surface area (TPSA) is 76.7 Å². The first-order chi connectivity index (χ1) is 16.0. The van der Waals surface area contributed by atoms with Crippen LogP contribution in [-0.4, -0.2) is 32.1 Å². The highest BCUT2D eigenvalue weighted by molar-refractivity contribution is 5.88. The van der Waals surface area contributed by atoms with Crippen LogP contribution in [0.1, 0.15) is 29.7 Å². The minimum atomic E-state index is -0.713. The van der Waals surface area contributed by atoms with Gasteiger partial charge in [0, 0.05) is 6.42 Å². The summed E-state index contributed by atoms with van der Waals surface area (Å²) in [5, 5.41) is 5.94. The minimum absolute atomic E-state index is 0.171. The van der Waals surface area contributed by atoms with E-state index in [-0.39, 0.29) is 24.3 Å². The largest absolute Gasteiger partial charge is 0.497 e. The zero-order valence-corrected chi connectivity index (χ0v) is 19.2. The van der Waals surface area contributed by atoms with Gasteiger partial charge in [0.1, 0.15) is 17.5 Å². The van der Waals surface area contributed by atoms with Crippen LogP contribution in [0.2, 0.25) is 0 Å². The van der Waals surface area contributed by atoms with E-state index in [1.165, 1.54) is 0 Å². The highest BCUT2D eigenvalue weighted by Gasteiger charge is 2.23. The fourth-order valence-electron chi connectivity index (χ4n) is 3.52. The van der Waals surface area contributed by atoms with Crippen LogP contribution in [0.15, 0.2) is 78.9 Å². The lowest BCUT2D eigenvalue weighted by Gasteiger charge is -2.22. The van der Waals surface area contributed by atoms with Gasteiger partial charge in [0.05, 0.1) is 26.7 Å². The van der Waals surface area contributed by atoms with Crippen molar-refractivity contribution in [3.63, 3.8) is 0 Å². The lowest BCUT2D eigenvalue weighted by Crippen LogP contribution is -2.49. The first-order valence-electron chi connectivity index (χ1n) is 10.9. The summed E-state index contributed by atoms with van der Waals surface area (Å²) in [4.78, 5) is 25.9.